The van der Waals surface area contributed by atoms with Crippen molar-refractivity contribution in [1.29, 1.82) is 0 Å². The van der Waals surface area contributed by atoms with E-state index in [4.69, 9.17) is 0 Å². The molecule has 11 heavy (non-hydrogen) atoms. The van der Waals surface area contributed by atoms with E-state index in [1.165, 1.54) is 0 Å². The highest BCUT2D eigenvalue weighted by Gasteiger charge is 2.31. The second-order valence-electron chi connectivity index (χ2n) is 2.32. The first-order valence-corrected chi connectivity index (χ1v) is 2.88. The second kappa shape index (κ2) is 3.26. The van der Waals surface area contributed by atoms with Gasteiger partial charge in [-0.3, -0.25) is 0 Å². The molecule has 1 unspecified atom stereocenters. The van der Waals surface area contributed by atoms with E-state index < -0.39 is 0 Å². The van der Waals surface area contributed by atoms with Crippen molar-refractivity contribution in [1.82, 2.24) is 5.43 Å². The van der Waals surface area contributed by atoms with Gasteiger partial charge in [-0.05, 0) is 0 Å². The van der Waals surface area contributed by atoms with Gasteiger partial charge in [0.05, 0.1) is 12.4 Å². The monoisotopic (exact) mass is 194 g/mol. The van der Waals surface area contributed by atoms with Gasteiger partial charge >= 0.3 is 0 Å². The topological polar surface area (TPSA) is 24.4 Å². The largest absolute Gasteiger partial charge is 0.258 e. The Bertz CT molecular complexity index is 234. The molecule has 0 saturated carbocycles. The van der Waals surface area contributed by atoms with Gasteiger partial charge in [-0.2, -0.15) is 9.58 Å². The third-order valence-electron chi connectivity index (χ3n) is 1.62. The van der Waals surface area contributed by atoms with E-state index in [-0.39, 0.29) is 24.8 Å². The van der Waals surface area contributed by atoms with Crippen LogP contribution < -0.4 is 5.43 Å². The number of amidine groups is 1. The van der Waals surface area contributed by atoms with E-state index >= 15 is 0 Å². The number of hydrogen-bond acceptors (Lipinski definition) is 2. The zero-order chi connectivity index (χ0) is 6.32. The summed E-state index contributed by atoms with van der Waals surface area (Å²) in [6.07, 6.45) is 7.68. The number of aliphatic imine (C=N–C) groups is 1. The predicted octanol–water partition coefficient (Wildman–Crippen LogP) is 1.19. The minimum absolute atomic E-state index is 0. The molecule has 0 saturated heterocycles. The number of halogens is 2. The second-order valence-corrected chi connectivity index (χ2v) is 2.32. The molecular formula is C6H10Cl2N3+. The fraction of sp³-hybridized carbons (Fsp3) is 0.167. The third-order valence-corrected chi connectivity index (χ3v) is 1.62. The fourth-order valence-corrected chi connectivity index (χ4v) is 1.01. The van der Waals surface area contributed by atoms with Crippen molar-refractivity contribution < 1.29 is 4.59 Å². The molecule has 0 aromatic rings. The van der Waals surface area contributed by atoms with Crippen LogP contribution in [-0.4, -0.2) is 17.5 Å². The van der Waals surface area contributed by atoms with Gasteiger partial charge in [-0.25, -0.2) is 5.43 Å². The van der Waals surface area contributed by atoms with Gasteiger partial charge in [0.1, 0.15) is 13.2 Å². The lowest BCUT2D eigenvalue weighted by Crippen LogP contribution is -2.46. The van der Waals surface area contributed by atoms with E-state index in [0.29, 0.717) is 4.59 Å². The van der Waals surface area contributed by atoms with Gasteiger partial charge < -0.3 is 0 Å². The van der Waals surface area contributed by atoms with Crippen LogP contribution in [0.15, 0.2) is 29.7 Å². The summed E-state index contributed by atoms with van der Waals surface area (Å²) in [5, 5.41) is 0. The summed E-state index contributed by atoms with van der Waals surface area (Å²) < 4.78 is 0.625. The van der Waals surface area contributed by atoms with Gasteiger partial charge in [0.25, 0.3) is 5.84 Å². The number of nitrogens with one attached hydrogen (secondary N) is 1. The molecule has 3 nitrogen and oxygen atoms in total. The molecular weight excluding hydrogens is 185 g/mol. The Balaban J connectivity index is 0.000000500. The highest BCUT2D eigenvalue weighted by atomic mass is 35.5. The summed E-state index contributed by atoms with van der Waals surface area (Å²) in [6.45, 7) is 0. The maximum absolute atomic E-state index is 4.13. The van der Waals surface area contributed by atoms with Crippen LogP contribution in [0.1, 0.15) is 0 Å². The molecule has 2 aliphatic rings. The molecule has 62 valence electrons. The van der Waals surface area contributed by atoms with Crippen molar-refractivity contribution in [2.75, 3.05) is 7.05 Å². The van der Waals surface area contributed by atoms with E-state index in [1.54, 1.807) is 0 Å². The molecule has 1 atom stereocenters. The summed E-state index contributed by atoms with van der Waals surface area (Å²) in [5.74, 6) is 1.05. The van der Waals surface area contributed by atoms with E-state index in [9.17, 15) is 0 Å². The van der Waals surface area contributed by atoms with Gasteiger partial charge in [-0.1, -0.05) is 0 Å². The first kappa shape index (κ1) is 10.5. The smallest absolute Gasteiger partial charge is 0.233 e. The standard InChI is InChI=1S/C6H8N3.2ClH/c1-9-5-4-7-6(9)2-3-8-9;;/h2-5,8H,1H3;2*1H/q+1;;. The Morgan fingerprint density at radius 2 is 2.18 bits per heavy atom. The molecule has 1 N–H and O–H groups in total. The summed E-state index contributed by atoms with van der Waals surface area (Å²) in [6, 6.07) is 0. The van der Waals surface area contributed by atoms with Crippen molar-refractivity contribution in [2.24, 2.45) is 4.99 Å². The Labute approximate surface area is 77.9 Å². The van der Waals surface area contributed by atoms with Gasteiger partial charge in [0.2, 0.25) is 0 Å². The fourth-order valence-electron chi connectivity index (χ4n) is 1.01. The number of rotatable bonds is 0. The normalized spacial score (nSPS) is 29.7. The maximum Gasteiger partial charge on any atom is 0.258 e. The molecule has 2 heterocycles. The number of fused-ring (bicyclic) bond motifs is 1. The molecule has 0 aliphatic carbocycles. The maximum atomic E-state index is 4.13. The molecule has 2 rings (SSSR count). The van der Waals surface area contributed by atoms with Crippen molar-refractivity contribution in [3.05, 3.63) is 24.7 Å². The molecule has 5 heteroatoms. The van der Waals surface area contributed by atoms with Crippen LogP contribution in [0, 0.1) is 0 Å². The lowest BCUT2D eigenvalue weighted by atomic mass is 10.5. The first-order valence-electron chi connectivity index (χ1n) is 2.88. The lowest BCUT2D eigenvalue weighted by molar-refractivity contribution is -0.801. The van der Waals surface area contributed by atoms with E-state index in [2.05, 4.69) is 10.4 Å². The summed E-state index contributed by atoms with van der Waals surface area (Å²) in [5.41, 5.74) is 3.13. The molecule has 2 aliphatic heterocycles. The quantitative estimate of drug-likeness (QED) is 0.577. The molecule has 0 fully saturated rings. The van der Waals surface area contributed by atoms with Crippen LogP contribution in [0.5, 0.6) is 0 Å². The molecule has 0 spiro atoms. The van der Waals surface area contributed by atoms with Crippen molar-refractivity contribution in [3.8, 4) is 0 Å². The Morgan fingerprint density at radius 3 is 2.82 bits per heavy atom. The summed E-state index contributed by atoms with van der Waals surface area (Å²) in [7, 11) is 2.04. The highest BCUT2D eigenvalue weighted by molar-refractivity contribution is 5.90. The zero-order valence-electron chi connectivity index (χ0n) is 6.02. The van der Waals surface area contributed by atoms with Crippen LogP contribution in [0.3, 0.4) is 0 Å². The number of nitrogens with zero attached hydrogens (tertiary/aromatic N) is 2. The van der Waals surface area contributed by atoms with Crippen LogP contribution >= 0.6 is 24.8 Å². The molecule has 0 aromatic heterocycles. The Morgan fingerprint density at radius 1 is 1.45 bits per heavy atom. The third kappa shape index (κ3) is 1.40. The van der Waals surface area contributed by atoms with Crippen LogP contribution in [-0.2, 0) is 0 Å². The Hall–Kier alpha value is -0.510. The van der Waals surface area contributed by atoms with Gasteiger partial charge in [0.15, 0.2) is 0 Å². The van der Waals surface area contributed by atoms with Crippen molar-refractivity contribution in [3.63, 3.8) is 0 Å². The molecule has 0 amide bonds. The molecule has 0 aromatic carbocycles. The minimum atomic E-state index is 0. The summed E-state index contributed by atoms with van der Waals surface area (Å²) >= 11 is 0. The first-order chi connectivity index (χ1) is 4.31. The Kier molecular flexibility index (Phi) is 3.11. The molecule has 0 radical (unpaired) electrons. The lowest BCUT2D eigenvalue weighted by Gasteiger charge is -2.19. The van der Waals surface area contributed by atoms with Crippen LogP contribution in [0.25, 0.3) is 0 Å². The van der Waals surface area contributed by atoms with E-state index in [0.717, 1.165) is 5.84 Å². The van der Waals surface area contributed by atoms with Gasteiger partial charge in [0, 0.05) is 6.08 Å². The zero-order valence-corrected chi connectivity index (χ0v) is 7.65. The minimum Gasteiger partial charge on any atom is -0.233 e. The number of hydrogen-bond donors (Lipinski definition) is 1. The highest BCUT2D eigenvalue weighted by Crippen LogP contribution is 2.14. The van der Waals surface area contributed by atoms with Crippen molar-refractivity contribution >= 4 is 30.6 Å². The van der Waals surface area contributed by atoms with Crippen LogP contribution in [0.4, 0.5) is 0 Å². The summed E-state index contributed by atoms with van der Waals surface area (Å²) in [4.78, 5) is 4.13. The average molecular weight is 195 g/mol. The van der Waals surface area contributed by atoms with Gasteiger partial charge in [-0.15, -0.1) is 24.8 Å². The SMILES string of the molecule is C[N+]12C=CN=C1C=CN2.Cl.Cl. The van der Waals surface area contributed by atoms with E-state index in [1.807, 2.05) is 31.7 Å². The number of likely N-dealkylation sites (N-methyl/N-ethyl adjacent to an activating group) is 1. The van der Waals surface area contributed by atoms with Crippen molar-refractivity contribution in [2.45, 2.75) is 0 Å². The number of quaternary nitrogens is 1. The predicted molar refractivity (Wildman–Crippen MR) is 49.5 cm³/mol. The molecule has 0 bridgehead atoms. The average Bonchev–Trinajstić information content (AvgIpc) is 2.22. The van der Waals surface area contributed by atoms with Crippen LogP contribution in [0.2, 0.25) is 0 Å².